The van der Waals surface area contributed by atoms with Crippen molar-refractivity contribution in [3.63, 3.8) is 0 Å². The fraction of sp³-hybridized carbons (Fsp3) is 0.182. The predicted octanol–water partition coefficient (Wildman–Crippen LogP) is 3.99. The molecule has 7 heteroatoms. The van der Waals surface area contributed by atoms with Gasteiger partial charge < -0.3 is 5.32 Å². The number of benzene rings is 2. The molecule has 0 spiro atoms. The van der Waals surface area contributed by atoms with Crippen LogP contribution in [-0.4, -0.2) is 19.3 Å². The molecule has 1 unspecified atom stereocenters. The number of aryl methyl sites for hydroxylation is 2. The first kappa shape index (κ1) is 20.5. The van der Waals surface area contributed by atoms with Gasteiger partial charge in [0, 0.05) is 17.4 Å². The zero-order valence-electron chi connectivity index (χ0n) is 16.5. The molecule has 0 aliphatic heterocycles. The van der Waals surface area contributed by atoms with Crippen LogP contribution in [0.2, 0.25) is 0 Å². The summed E-state index contributed by atoms with van der Waals surface area (Å²) in [6.07, 6.45) is 1.66. The summed E-state index contributed by atoms with van der Waals surface area (Å²) in [7, 11) is -3.82. The molecule has 1 amide bonds. The Bertz CT molecular complexity index is 1110. The third kappa shape index (κ3) is 5.00. The summed E-state index contributed by atoms with van der Waals surface area (Å²) in [6, 6.07) is 16.7. The highest BCUT2D eigenvalue weighted by Crippen LogP contribution is 2.20. The lowest BCUT2D eigenvalue weighted by Gasteiger charge is -2.15. The number of pyridine rings is 1. The number of aromatic nitrogens is 1. The van der Waals surface area contributed by atoms with E-state index in [1.54, 1.807) is 37.4 Å². The monoisotopic (exact) mass is 409 g/mol. The summed E-state index contributed by atoms with van der Waals surface area (Å²) in [5.41, 5.74) is 3.21. The highest BCUT2D eigenvalue weighted by atomic mass is 32.2. The minimum atomic E-state index is -3.82. The molecule has 1 aromatic heterocycles. The van der Waals surface area contributed by atoms with E-state index in [0.717, 1.165) is 11.3 Å². The molecule has 1 heterocycles. The number of amides is 1. The van der Waals surface area contributed by atoms with Gasteiger partial charge in [-0.1, -0.05) is 29.8 Å². The molecule has 0 aliphatic carbocycles. The number of hydrogen-bond donors (Lipinski definition) is 2. The van der Waals surface area contributed by atoms with Crippen molar-refractivity contribution in [3.8, 4) is 0 Å². The molecule has 2 aromatic carbocycles. The van der Waals surface area contributed by atoms with E-state index in [2.05, 4.69) is 15.0 Å². The van der Waals surface area contributed by atoms with Crippen molar-refractivity contribution in [2.75, 3.05) is 4.72 Å². The summed E-state index contributed by atoms with van der Waals surface area (Å²) < 4.78 is 28.1. The van der Waals surface area contributed by atoms with Crippen LogP contribution < -0.4 is 10.0 Å². The number of carbonyl (C=O) groups excluding carboxylic acids is 1. The number of anilines is 1. The molecular formula is C22H23N3O3S. The number of hydrogen-bond acceptors (Lipinski definition) is 4. The normalized spacial score (nSPS) is 12.2. The molecule has 29 heavy (non-hydrogen) atoms. The average molecular weight is 410 g/mol. The molecular weight excluding hydrogens is 386 g/mol. The van der Waals surface area contributed by atoms with Crippen LogP contribution in [0.15, 0.2) is 71.8 Å². The number of nitrogens with one attached hydrogen (secondary N) is 2. The summed E-state index contributed by atoms with van der Waals surface area (Å²) in [4.78, 5) is 17.0. The van der Waals surface area contributed by atoms with Crippen molar-refractivity contribution in [1.29, 1.82) is 0 Å². The van der Waals surface area contributed by atoms with Gasteiger partial charge in [0.2, 0.25) is 0 Å². The standard InChI is InChI=1S/C22H23N3O3S/c1-15-7-10-18(11-8-15)25-29(27,28)19-12-9-16(2)20(14-19)22(26)24-17(3)21-6-4-5-13-23-21/h4-14,17,25H,1-3H3,(H,24,26). The van der Waals surface area contributed by atoms with Crippen LogP contribution in [0.5, 0.6) is 0 Å². The Morgan fingerprint density at radius 2 is 1.72 bits per heavy atom. The molecule has 0 fully saturated rings. The molecule has 0 radical (unpaired) electrons. The van der Waals surface area contributed by atoms with Crippen LogP contribution in [0, 0.1) is 13.8 Å². The van der Waals surface area contributed by atoms with Gasteiger partial charge in [0.1, 0.15) is 0 Å². The SMILES string of the molecule is Cc1ccc(NS(=O)(=O)c2ccc(C)c(C(=O)NC(C)c3ccccn3)c2)cc1. The lowest BCUT2D eigenvalue weighted by molar-refractivity contribution is 0.0938. The number of nitrogens with zero attached hydrogens (tertiary/aromatic N) is 1. The maximum Gasteiger partial charge on any atom is 0.261 e. The van der Waals surface area contributed by atoms with Gasteiger partial charge in [0.25, 0.3) is 15.9 Å². The van der Waals surface area contributed by atoms with E-state index in [9.17, 15) is 13.2 Å². The quantitative estimate of drug-likeness (QED) is 0.644. The second-order valence-corrected chi connectivity index (χ2v) is 8.58. The predicted molar refractivity (Wildman–Crippen MR) is 113 cm³/mol. The third-order valence-corrected chi connectivity index (χ3v) is 5.93. The molecule has 0 saturated carbocycles. The zero-order chi connectivity index (χ0) is 21.0. The Labute approximate surface area is 171 Å². The van der Waals surface area contributed by atoms with Gasteiger partial charge in [-0.2, -0.15) is 0 Å². The van der Waals surface area contributed by atoms with Crippen molar-refractivity contribution in [3.05, 3.63) is 89.2 Å². The Morgan fingerprint density at radius 3 is 2.38 bits per heavy atom. The van der Waals surface area contributed by atoms with E-state index in [-0.39, 0.29) is 16.8 Å². The fourth-order valence-corrected chi connectivity index (χ4v) is 3.91. The molecule has 0 bridgehead atoms. The first-order valence-corrected chi connectivity index (χ1v) is 10.7. The summed E-state index contributed by atoms with van der Waals surface area (Å²) in [5, 5.41) is 2.87. The highest BCUT2D eigenvalue weighted by molar-refractivity contribution is 7.92. The molecule has 0 aliphatic rings. The Hall–Kier alpha value is -3.19. The van der Waals surface area contributed by atoms with E-state index < -0.39 is 10.0 Å². The van der Waals surface area contributed by atoms with Crippen molar-refractivity contribution in [2.24, 2.45) is 0 Å². The van der Waals surface area contributed by atoms with Gasteiger partial charge in [-0.25, -0.2) is 8.42 Å². The molecule has 6 nitrogen and oxygen atoms in total. The Kier molecular flexibility index (Phi) is 5.98. The van der Waals surface area contributed by atoms with E-state index >= 15 is 0 Å². The minimum Gasteiger partial charge on any atom is -0.344 e. The van der Waals surface area contributed by atoms with Crippen LogP contribution in [0.25, 0.3) is 0 Å². The molecule has 1 atom stereocenters. The minimum absolute atomic E-state index is 0.0271. The van der Waals surface area contributed by atoms with Crippen LogP contribution in [0.3, 0.4) is 0 Å². The largest absolute Gasteiger partial charge is 0.344 e. The Morgan fingerprint density at radius 1 is 1.00 bits per heavy atom. The molecule has 0 saturated heterocycles. The van der Waals surface area contributed by atoms with E-state index in [1.165, 1.54) is 12.1 Å². The second kappa shape index (κ2) is 8.45. The number of rotatable bonds is 6. The van der Waals surface area contributed by atoms with Gasteiger partial charge in [-0.15, -0.1) is 0 Å². The van der Waals surface area contributed by atoms with Gasteiger partial charge in [0.15, 0.2) is 0 Å². The van der Waals surface area contributed by atoms with Crippen molar-refractivity contribution < 1.29 is 13.2 Å². The van der Waals surface area contributed by atoms with Gasteiger partial charge in [-0.3, -0.25) is 14.5 Å². The van der Waals surface area contributed by atoms with Crippen molar-refractivity contribution >= 4 is 21.6 Å². The van der Waals surface area contributed by atoms with Gasteiger partial charge >= 0.3 is 0 Å². The van der Waals surface area contributed by atoms with E-state index in [1.807, 2.05) is 38.1 Å². The summed E-state index contributed by atoms with van der Waals surface area (Å²) >= 11 is 0. The first-order valence-electron chi connectivity index (χ1n) is 9.18. The Balaban J connectivity index is 1.83. The van der Waals surface area contributed by atoms with Crippen molar-refractivity contribution in [2.45, 2.75) is 31.7 Å². The van der Waals surface area contributed by atoms with Gasteiger partial charge in [0.05, 0.1) is 16.6 Å². The number of sulfonamides is 1. The van der Waals surface area contributed by atoms with Crippen LogP contribution in [0.1, 0.15) is 40.1 Å². The van der Waals surface area contributed by atoms with Crippen LogP contribution in [-0.2, 0) is 10.0 Å². The smallest absolute Gasteiger partial charge is 0.261 e. The maximum absolute atomic E-state index is 12.8. The van der Waals surface area contributed by atoms with Crippen molar-refractivity contribution in [1.82, 2.24) is 10.3 Å². The lowest BCUT2D eigenvalue weighted by Crippen LogP contribution is -2.28. The first-order chi connectivity index (χ1) is 13.8. The van der Waals surface area contributed by atoms with Gasteiger partial charge in [-0.05, 0) is 62.7 Å². The summed E-state index contributed by atoms with van der Waals surface area (Å²) in [6.45, 7) is 5.52. The second-order valence-electron chi connectivity index (χ2n) is 6.90. The lowest BCUT2D eigenvalue weighted by atomic mass is 10.1. The highest BCUT2D eigenvalue weighted by Gasteiger charge is 2.20. The molecule has 3 aromatic rings. The van der Waals surface area contributed by atoms with Crippen LogP contribution >= 0.6 is 0 Å². The van der Waals surface area contributed by atoms with E-state index in [0.29, 0.717) is 16.8 Å². The topological polar surface area (TPSA) is 88.2 Å². The molecule has 2 N–H and O–H groups in total. The number of carbonyl (C=O) groups is 1. The average Bonchev–Trinajstić information content (AvgIpc) is 2.70. The maximum atomic E-state index is 12.8. The summed E-state index contributed by atoms with van der Waals surface area (Å²) in [5.74, 6) is -0.354. The van der Waals surface area contributed by atoms with E-state index in [4.69, 9.17) is 0 Å². The third-order valence-electron chi connectivity index (χ3n) is 4.55. The molecule has 150 valence electrons. The van der Waals surface area contributed by atoms with Crippen LogP contribution in [0.4, 0.5) is 5.69 Å². The zero-order valence-corrected chi connectivity index (χ0v) is 17.3. The molecule has 3 rings (SSSR count). The fourth-order valence-electron chi connectivity index (χ4n) is 2.83.